The average Bonchev–Trinajstić information content (AvgIpc) is 2.97. The molecule has 0 heterocycles. The summed E-state index contributed by atoms with van der Waals surface area (Å²) in [5.74, 6) is 1.82. The molecule has 0 saturated heterocycles. The number of unbranched alkanes of at least 4 members (excludes halogenated alkanes) is 10. The molecule has 0 aliphatic rings. The maximum atomic E-state index is 8.81. The van der Waals surface area contributed by atoms with Crippen molar-refractivity contribution in [3.05, 3.63) is 11.6 Å². The Labute approximate surface area is 259 Å². The van der Waals surface area contributed by atoms with E-state index in [1.807, 2.05) is 13.8 Å². The molecule has 40 heavy (non-hydrogen) atoms. The minimum atomic E-state index is 0.149. The molecule has 0 bridgehead atoms. The van der Waals surface area contributed by atoms with Crippen molar-refractivity contribution in [2.75, 3.05) is 6.61 Å². The molecule has 0 spiro atoms. The minimum absolute atomic E-state index is 0.149. The molecule has 4 nitrogen and oxygen atoms in total. The molecular weight excluding hydrogens is 510 g/mol. The first-order valence-corrected chi connectivity index (χ1v) is 17.1. The van der Waals surface area contributed by atoms with Gasteiger partial charge in [-0.15, -0.1) is 0 Å². The first-order chi connectivity index (χ1) is 19.3. The molecule has 0 rings (SSSR count). The van der Waals surface area contributed by atoms with Crippen molar-refractivity contribution < 1.29 is 9.44 Å². The Bertz CT molecular complexity index is 587. The Morgan fingerprint density at radius 3 is 1.82 bits per heavy atom. The zero-order valence-corrected chi connectivity index (χ0v) is 29.5. The Hall–Kier alpha value is -0.840. The fraction of sp³-hybridized carbons (Fsp3) is 0.879. The van der Waals surface area contributed by atoms with Gasteiger partial charge in [0.1, 0.15) is 13.0 Å². The van der Waals surface area contributed by atoms with Crippen molar-refractivity contribution >= 4 is 38.9 Å². The predicted octanol–water partition coefficient (Wildman–Crippen LogP) is 11.8. The number of hydrogen-bond acceptors (Lipinski definition) is 5. The molecule has 1 N–H and O–H groups in total. The zero-order valence-electron chi connectivity index (χ0n) is 28.6. The number of ether oxygens (including phenoxy) is 1. The third-order valence-corrected chi connectivity index (χ3v) is 7.01. The van der Waals surface area contributed by atoms with Crippen molar-refractivity contribution in [2.45, 2.75) is 178 Å². The van der Waals surface area contributed by atoms with Crippen molar-refractivity contribution in [2.24, 2.45) is 10.3 Å². The monoisotopic (exact) mass is 580 g/mol. The molecule has 0 aromatic carbocycles. The molecule has 2 unspecified atom stereocenters. The molecular formula is C33H69B2N2O2S. The van der Waals surface area contributed by atoms with Crippen LogP contribution in [0.25, 0.3) is 0 Å². The maximum absolute atomic E-state index is 8.81. The van der Waals surface area contributed by atoms with Crippen molar-refractivity contribution in [3.8, 4) is 0 Å². The molecule has 0 aromatic rings. The van der Waals surface area contributed by atoms with Crippen LogP contribution in [-0.4, -0.2) is 32.6 Å². The van der Waals surface area contributed by atoms with Crippen molar-refractivity contribution in [1.29, 1.82) is 5.41 Å². The fourth-order valence-electron chi connectivity index (χ4n) is 3.84. The summed E-state index contributed by atoms with van der Waals surface area (Å²) in [5, 5.41) is 7.95. The van der Waals surface area contributed by atoms with E-state index >= 15 is 0 Å². The summed E-state index contributed by atoms with van der Waals surface area (Å²) < 4.78 is 18.2. The van der Waals surface area contributed by atoms with Crippen LogP contribution in [0.15, 0.2) is 16.0 Å². The van der Waals surface area contributed by atoms with Crippen LogP contribution in [0.5, 0.6) is 0 Å². The van der Waals surface area contributed by atoms with E-state index in [0.29, 0.717) is 12.3 Å². The van der Waals surface area contributed by atoms with Crippen LogP contribution in [-0.2, 0) is 9.44 Å². The Balaban J connectivity index is -0.000000281. The first-order valence-electron chi connectivity index (χ1n) is 16.7. The number of nitrogens with one attached hydrogen (secondary N) is 1. The summed E-state index contributed by atoms with van der Waals surface area (Å²) in [5.41, 5.74) is 1.63. The van der Waals surface area contributed by atoms with Gasteiger partial charge in [-0.05, 0) is 43.6 Å². The summed E-state index contributed by atoms with van der Waals surface area (Å²) in [6.45, 7) is 21.7. The van der Waals surface area contributed by atoms with E-state index in [0.717, 1.165) is 56.6 Å². The molecule has 235 valence electrons. The second kappa shape index (κ2) is 40.3. The first kappa shape index (κ1) is 46.1. The van der Waals surface area contributed by atoms with Gasteiger partial charge < -0.3 is 4.74 Å². The largest absolute Gasteiger partial charge is 0.477 e. The topological polar surface area (TPSA) is 62.5 Å². The molecule has 7 heteroatoms. The number of thiol groups is 1. The zero-order chi connectivity index (χ0) is 31.4. The number of rotatable bonds is 21. The van der Waals surface area contributed by atoms with E-state index in [1.165, 1.54) is 77.4 Å². The van der Waals surface area contributed by atoms with Gasteiger partial charge in [0.05, 0.1) is 6.61 Å². The summed E-state index contributed by atoms with van der Waals surface area (Å²) in [6.07, 6.45) is 22.3. The minimum Gasteiger partial charge on any atom is -0.477 e. The van der Waals surface area contributed by atoms with Crippen molar-refractivity contribution in [1.82, 2.24) is 0 Å². The van der Waals surface area contributed by atoms with Crippen LogP contribution in [0.1, 0.15) is 159 Å². The Kier molecular flexibility index (Phi) is 46.5. The molecule has 0 aliphatic heterocycles. The van der Waals surface area contributed by atoms with E-state index < -0.39 is 0 Å². The summed E-state index contributed by atoms with van der Waals surface area (Å²) in [7, 11) is 3.29. The van der Waals surface area contributed by atoms with Gasteiger partial charge in [0.15, 0.2) is 0 Å². The van der Waals surface area contributed by atoms with E-state index in [1.54, 1.807) is 0 Å². The van der Waals surface area contributed by atoms with Crippen LogP contribution in [0.3, 0.4) is 0 Å². The summed E-state index contributed by atoms with van der Waals surface area (Å²) in [6, 6.07) is 0. The number of allylic oxidation sites excluding steroid dienone is 1. The van der Waals surface area contributed by atoms with Crippen LogP contribution >= 0.6 is 12.8 Å². The molecule has 0 aliphatic carbocycles. The molecule has 2 atom stereocenters. The second-order valence-corrected chi connectivity index (χ2v) is 10.4. The molecule has 1 radical (unpaired) electrons. The van der Waals surface area contributed by atoms with Gasteiger partial charge in [0, 0.05) is 0 Å². The summed E-state index contributed by atoms with van der Waals surface area (Å²) >= 11 is 3.98. The normalized spacial score (nSPS) is 12.3. The molecule has 0 saturated carbocycles. The van der Waals surface area contributed by atoms with Crippen LogP contribution in [0.2, 0.25) is 19.0 Å². The van der Waals surface area contributed by atoms with Gasteiger partial charge in [0.25, 0.3) is 0 Å². The van der Waals surface area contributed by atoms with E-state index in [2.05, 4.69) is 79.0 Å². The molecule has 0 aromatic heterocycles. The Morgan fingerprint density at radius 1 is 0.875 bits per heavy atom. The van der Waals surface area contributed by atoms with Crippen molar-refractivity contribution in [3.63, 3.8) is 0 Å². The quantitative estimate of drug-likeness (QED) is 0.0467. The van der Waals surface area contributed by atoms with Gasteiger partial charge in [-0.25, -0.2) is 4.40 Å². The van der Waals surface area contributed by atoms with Gasteiger partial charge in [-0.3, -0.25) is 5.41 Å². The van der Waals surface area contributed by atoms with Gasteiger partial charge in [-0.2, -0.15) is 0 Å². The predicted molar refractivity (Wildman–Crippen MR) is 189 cm³/mol. The van der Waals surface area contributed by atoms with Gasteiger partial charge in [0.2, 0.25) is 5.90 Å². The third-order valence-electron chi connectivity index (χ3n) is 6.81. The van der Waals surface area contributed by atoms with Gasteiger partial charge >= 0.3 is 18.7 Å². The van der Waals surface area contributed by atoms with Crippen LogP contribution < -0.4 is 0 Å². The van der Waals surface area contributed by atoms with E-state index in [4.69, 9.17) is 14.9 Å². The maximum Gasteiger partial charge on any atom is 0.233 e. The standard InChI is InChI=1S/C15H32B.C15H28N2OS.C2H6.CH3BO/c1-5-7-8-9-10-11-12-13-16-15(4)14(3)6-2;1-4-7-9-10-12-18-15(16)14(17-19)13(6-3)11-8-5-2;1-2;1-2-3/h14-15H,5-13H2,1-4H3;11,16,19H,4-10,12H2,1-3H3;1-2H3;1H3/b;13-11+,16-15?,17-14-;;. The molecule has 0 fully saturated rings. The fourth-order valence-corrected chi connectivity index (χ4v) is 4.06. The average molecular weight is 580 g/mol. The van der Waals surface area contributed by atoms with E-state index in [9.17, 15) is 0 Å². The number of nitrogens with zero attached hydrogens (tertiary/aromatic N) is 1. The van der Waals surface area contributed by atoms with Crippen LogP contribution in [0.4, 0.5) is 0 Å². The smallest absolute Gasteiger partial charge is 0.233 e. The molecule has 0 amide bonds. The Morgan fingerprint density at radius 2 is 1.38 bits per heavy atom. The SMILES string of the molecule is CB=O.CC.CCC/C=C(CC)/C(=N/S)C(=N)OCCCCCC.CCCCCCCCC[B]C(C)C(C)CC. The second-order valence-electron chi connectivity index (χ2n) is 10.2. The number of hydrogen-bond donors (Lipinski definition) is 2. The van der Waals surface area contributed by atoms with Crippen LogP contribution in [0, 0.1) is 11.3 Å². The van der Waals surface area contributed by atoms with E-state index in [-0.39, 0.29) is 5.90 Å². The third kappa shape index (κ3) is 33.4. The van der Waals surface area contributed by atoms with Gasteiger partial charge in [-0.1, -0.05) is 158 Å². The summed E-state index contributed by atoms with van der Waals surface area (Å²) in [4.78, 5) is 0.